The van der Waals surface area contributed by atoms with E-state index in [1.165, 1.54) is 20.3 Å². The first-order chi connectivity index (χ1) is 9.94. The lowest BCUT2D eigenvalue weighted by molar-refractivity contribution is 0.352. The minimum Gasteiger partial charge on any atom is -0.493 e. The van der Waals surface area contributed by atoms with E-state index in [2.05, 4.69) is 32.7 Å². The van der Waals surface area contributed by atoms with Gasteiger partial charge in [0.25, 0.3) is 0 Å². The van der Waals surface area contributed by atoms with Crippen molar-refractivity contribution < 1.29 is 13.9 Å². The highest BCUT2D eigenvalue weighted by atomic mass is 19.1. The molecule has 1 aromatic carbocycles. The highest BCUT2D eigenvalue weighted by Crippen LogP contribution is 2.29. The predicted molar refractivity (Wildman–Crippen MR) is 85.2 cm³/mol. The zero-order valence-electron chi connectivity index (χ0n) is 13.8. The fourth-order valence-electron chi connectivity index (χ4n) is 2.35. The van der Waals surface area contributed by atoms with Crippen LogP contribution in [-0.2, 0) is 0 Å². The number of nitrogens with zero attached hydrogens (tertiary/aromatic N) is 1. The van der Waals surface area contributed by atoms with Gasteiger partial charge in [0.2, 0.25) is 0 Å². The van der Waals surface area contributed by atoms with Crippen molar-refractivity contribution in [3.8, 4) is 11.5 Å². The Labute approximate surface area is 127 Å². The van der Waals surface area contributed by atoms with Gasteiger partial charge in [0.05, 0.1) is 20.3 Å². The van der Waals surface area contributed by atoms with Crippen LogP contribution < -0.4 is 9.47 Å². The summed E-state index contributed by atoms with van der Waals surface area (Å²) in [5.41, 5.74) is 0.418. The van der Waals surface area contributed by atoms with E-state index >= 15 is 0 Å². The summed E-state index contributed by atoms with van der Waals surface area (Å²) in [4.78, 5) is 4.59. The summed E-state index contributed by atoms with van der Waals surface area (Å²) < 4.78 is 24.3. The predicted octanol–water partition coefficient (Wildman–Crippen LogP) is 4.33. The van der Waals surface area contributed by atoms with Gasteiger partial charge < -0.3 is 9.47 Å². The van der Waals surface area contributed by atoms with Gasteiger partial charge in [-0.05, 0) is 17.9 Å². The second-order valence-electron chi connectivity index (χ2n) is 5.63. The van der Waals surface area contributed by atoms with Crippen LogP contribution >= 0.6 is 0 Å². The molecule has 0 bridgehead atoms. The molecule has 0 heterocycles. The Kier molecular flexibility index (Phi) is 6.66. The molecule has 118 valence electrons. The quantitative estimate of drug-likeness (QED) is 0.701. The van der Waals surface area contributed by atoms with E-state index in [-0.39, 0.29) is 11.9 Å². The molecule has 0 saturated carbocycles. The second-order valence-corrected chi connectivity index (χ2v) is 5.63. The smallest absolute Gasteiger partial charge is 0.163 e. The van der Waals surface area contributed by atoms with Crippen molar-refractivity contribution in [2.75, 3.05) is 14.2 Å². The maximum absolute atomic E-state index is 14.1. The van der Waals surface area contributed by atoms with Gasteiger partial charge >= 0.3 is 0 Å². The molecule has 0 saturated heterocycles. The lowest BCUT2D eigenvalue weighted by Gasteiger charge is -2.22. The summed E-state index contributed by atoms with van der Waals surface area (Å²) in [6.07, 6.45) is 2.66. The molecule has 2 unspecified atom stereocenters. The van der Waals surface area contributed by atoms with Crippen molar-refractivity contribution in [3.05, 3.63) is 23.5 Å². The Balaban J connectivity index is 3.08. The number of benzene rings is 1. The second kappa shape index (κ2) is 8.01. The molecule has 1 rings (SSSR count). The average molecular weight is 295 g/mol. The average Bonchev–Trinajstić information content (AvgIpc) is 2.47. The van der Waals surface area contributed by atoms with Crippen LogP contribution in [0, 0.1) is 17.7 Å². The minimum absolute atomic E-state index is 0.183. The van der Waals surface area contributed by atoms with E-state index in [0.717, 1.165) is 6.42 Å². The minimum atomic E-state index is -0.358. The van der Waals surface area contributed by atoms with Crippen LogP contribution in [0.2, 0.25) is 0 Å². The van der Waals surface area contributed by atoms with Gasteiger partial charge in [-0.2, -0.15) is 0 Å². The third kappa shape index (κ3) is 4.45. The molecule has 0 aliphatic heterocycles. The lowest BCUT2D eigenvalue weighted by Crippen LogP contribution is -2.22. The topological polar surface area (TPSA) is 30.8 Å². The van der Waals surface area contributed by atoms with Gasteiger partial charge in [0.15, 0.2) is 11.5 Å². The van der Waals surface area contributed by atoms with Gasteiger partial charge in [0.1, 0.15) is 5.82 Å². The number of aliphatic imine (C=N–C) groups is 1. The van der Waals surface area contributed by atoms with E-state index in [9.17, 15) is 4.39 Å². The molecule has 2 atom stereocenters. The van der Waals surface area contributed by atoms with E-state index in [0.29, 0.717) is 28.9 Å². The van der Waals surface area contributed by atoms with Crippen LogP contribution in [-0.4, -0.2) is 26.5 Å². The fourth-order valence-corrected chi connectivity index (χ4v) is 2.35. The maximum atomic E-state index is 14.1. The zero-order valence-corrected chi connectivity index (χ0v) is 13.8. The van der Waals surface area contributed by atoms with Crippen molar-refractivity contribution in [1.29, 1.82) is 0 Å². The Morgan fingerprint density at radius 3 is 2.19 bits per heavy atom. The highest BCUT2D eigenvalue weighted by molar-refractivity contribution is 5.81. The number of methoxy groups -OCH3 is 2. The summed E-state index contributed by atoms with van der Waals surface area (Å²) in [6, 6.07) is 3.13. The van der Waals surface area contributed by atoms with Crippen LogP contribution in [0.5, 0.6) is 11.5 Å². The number of ether oxygens (including phenoxy) is 2. The lowest BCUT2D eigenvalue weighted by atomic mass is 9.90. The van der Waals surface area contributed by atoms with E-state index in [1.807, 2.05) is 0 Å². The monoisotopic (exact) mass is 295 g/mol. The Hall–Kier alpha value is -1.58. The molecular formula is C17H26FNO2. The van der Waals surface area contributed by atoms with E-state index in [1.54, 1.807) is 12.3 Å². The summed E-state index contributed by atoms with van der Waals surface area (Å²) in [5, 5.41) is 0. The van der Waals surface area contributed by atoms with Crippen LogP contribution in [0.1, 0.15) is 39.7 Å². The fraction of sp³-hybridized carbons (Fsp3) is 0.588. The van der Waals surface area contributed by atoms with Crippen molar-refractivity contribution in [1.82, 2.24) is 0 Å². The summed E-state index contributed by atoms with van der Waals surface area (Å²) >= 11 is 0. The number of rotatable bonds is 7. The third-order valence-corrected chi connectivity index (χ3v) is 3.80. The molecule has 0 amide bonds. The summed E-state index contributed by atoms with van der Waals surface area (Å²) in [7, 11) is 3.02. The first-order valence-electron chi connectivity index (χ1n) is 7.39. The Morgan fingerprint density at radius 1 is 1.14 bits per heavy atom. The molecule has 0 aromatic heterocycles. The number of hydrogen-bond acceptors (Lipinski definition) is 3. The van der Waals surface area contributed by atoms with E-state index in [4.69, 9.17) is 9.47 Å². The van der Waals surface area contributed by atoms with Crippen molar-refractivity contribution in [3.63, 3.8) is 0 Å². The molecule has 0 radical (unpaired) electrons. The Bertz CT molecular complexity index is 486. The van der Waals surface area contributed by atoms with Crippen molar-refractivity contribution >= 4 is 6.21 Å². The van der Waals surface area contributed by atoms with Gasteiger partial charge in [-0.3, -0.25) is 4.99 Å². The standard InChI is InChI=1S/C17H26FNO2/c1-7-12(4)17(11(2)3)19-10-13-8-15(20-5)16(21-6)9-14(13)18/h8-12,17H,7H2,1-6H3. The zero-order chi connectivity index (χ0) is 16.0. The maximum Gasteiger partial charge on any atom is 0.163 e. The first kappa shape index (κ1) is 17.5. The van der Waals surface area contributed by atoms with Gasteiger partial charge in [-0.25, -0.2) is 4.39 Å². The molecule has 4 heteroatoms. The molecule has 0 spiro atoms. The van der Waals surface area contributed by atoms with Crippen molar-refractivity contribution in [2.45, 2.75) is 40.2 Å². The van der Waals surface area contributed by atoms with Crippen LogP contribution in [0.3, 0.4) is 0 Å². The molecule has 0 aliphatic carbocycles. The molecule has 1 aromatic rings. The van der Waals surface area contributed by atoms with E-state index < -0.39 is 0 Å². The number of hydrogen-bond donors (Lipinski definition) is 0. The number of halogens is 1. The normalized spacial score (nSPS) is 14.5. The SMILES string of the molecule is CCC(C)C(N=Cc1cc(OC)c(OC)cc1F)C(C)C. The first-order valence-corrected chi connectivity index (χ1v) is 7.39. The van der Waals surface area contributed by atoms with Crippen LogP contribution in [0.15, 0.2) is 17.1 Å². The molecule has 0 fully saturated rings. The molecule has 3 nitrogen and oxygen atoms in total. The van der Waals surface area contributed by atoms with Gasteiger partial charge in [0, 0.05) is 17.8 Å². The Morgan fingerprint density at radius 2 is 1.71 bits per heavy atom. The van der Waals surface area contributed by atoms with Gasteiger partial charge in [-0.15, -0.1) is 0 Å². The summed E-state index contributed by atoms with van der Waals surface area (Å²) in [5.74, 6) is 1.41. The largest absolute Gasteiger partial charge is 0.493 e. The highest BCUT2D eigenvalue weighted by Gasteiger charge is 2.18. The van der Waals surface area contributed by atoms with Crippen LogP contribution in [0.25, 0.3) is 0 Å². The van der Waals surface area contributed by atoms with Gasteiger partial charge in [-0.1, -0.05) is 34.1 Å². The molecule has 0 N–H and O–H groups in total. The van der Waals surface area contributed by atoms with Crippen molar-refractivity contribution in [2.24, 2.45) is 16.8 Å². The molecular weight excluding hydrogens is 269 g/mol. The summed E-state index contributed by atoms with van der Waals surface area (Å²) in [6.45, 7) is 8.60. The molecule has 0 aliphatic rings. The molecule has 21 heavy (non-hydrogen) atoms. The van der Waals surface area contributed by atoms with Crippen LogP contribution in [0.4, 0.5) is 4.39 Å². The third-order valence-electron chi connectivity index (χ3n) is 3.80.